The summed E-state index contributed by atoms with van der Waals surface area (Å²) >= 11 is 0. The van der Waals surface area contributed by atoms with Crippen LogP contribution in [0, 0.1) is 18.3 Å². The largest absolute Gasteiger partial charge is 0.573 e. The van der Waals surface area contributed by atoms with E-state index in [4.69, 9.17) is 5.26 Å². The monoisotopic (exact) mass is 356 g/mol. The third kappa shape index (κ3) is 4.39. The van der Waals surface area contributed by atoms with Crippen LogP contribution in [0.25, 0.3) is 0 Å². The highest BCUT2D eigenvalue weighted by Crippen LogP contribution is 2.29. The van der Waals surface area contributed by atoms with Gasteiger partial charge in [0.2, 0.25) is 0 Å². The fourth-order valence-electron chi connectivity index (χ4n) is 1.82. The van der Waals surface area contributed by atoms with Gasteiger partial charge in [-0.3, -0.25) is 4.72 Å². The number of anilines is 1. The van der Waals surface area contributed by atoms with Gasteiger partial charge < -0.3 is 4.74 Å². The van der Waals surface area contributed by atoms with Crippen LogP contribution in [-0.4, -0.2) is 14.8 Å². The number of benzene rings is 2. The first kappa shape index (κ1) is 17.6. The highest BCUT2D eigenvalue weighted by atomic mass is 32.2. The SMILES string of the molecule is Cc1ccc(S(=O)(=O)Nc2cc(OC(F)(F)F)ccc2C#N)cc1. The molecule has 0 atom stereocenters. The Morgan fingerprint density at radius 2 is 1.75 bits per heavy atom. The number of hydrogen-bond donors (Lipinski definition) is 1. The van der Waals surface area contributed by atoms with E-state index in [0.29, 0.717) is 0 Å². The number of aryl methyl sites for hydroxylation is 1. The summed E-state index contributed by atoms with van der Waals surface area (Å²) in [5.41, 5.74) is 0.396. The molecule has 0 radical (unpaired) electrons. The molecule has 2 aromatic carbocycles. The number of nitrogens with zero attached hydrogens (tertiary/aromatic N) is 1. The van der Waals surface area contributed by atoms with Crippen LogP contribution in [0.2, 0.25) is 0 Å². The van der Waals surface area contributed by atoms with Gasteiger partial charge in [-0.25, -0.2) is 8.42 Å². The lowest BCUT2D eigenvalue weighted by atomic mass is 10.2. The number of nitrogens with one attached hydrogen (secondary N) is 1. The molecule has 0 aliphatic heterocycles. The second-order valence-corrected chi connectivity index (χ2v) is 6.47. The zero-order valence-corrected chi connectivity index (χ0v) is 13.1. The van der Waals surface area contributed by atoms with Crippen molar-refractivity contribution in [1.29, 1.82) is 5.26 Å². The molecule has 0 fully saturated rings. The highest BCUT2D eigenvalue weighted by Gasteiger charge is 2.31. The van der Waals surface area contributed by atoms with Crippen molar-refractivity contribution in [2.75, 3.05) is 4.72 Å². The van der Waals surface area contributed by atoms with Gasteiger partial charge in [0, 0.05) is 6.07 Å². The van der Waals surface area contributed by atoms with Crippen molar-refractivity contribution in [2.24, 2.45) is 0 Å². The standard InChI is InChI=1S/C15H11F3N2O3S/c1-10-2-6-13(7-3-10)24(21,22)20-14-8-12(23-15(16,17)18)5-4-11(14)9-19/h2-8,20H,1H3. The second kappa shape index (κ2) is 6.41. The van der Waals surface area contributed by atoms with E-state index in [1.165, 1.54) is 12.1 Å². The Morgan fingerprint density at radius 3 is 2.29 bits per heavy atom. The van der Waals surface area contributed by atoms with E-state index >= 15 is 0 Å². The van der Waals surface area contributed by atoms with Gasteiger partial charge in [0.05, 0.1) is 16.1 Å². The lowest BCUT2D eigenvalue weighted by Gasteiger charge is -2.13. The second-order valence-electron chi connectivity index (χ2n) is 4.79. The molecule has 0 unspecified atom stereocenters. The Kier molecular flexibility index (Phi) is 4.71. The van der Waals surface area contributed by atoms with Crippen LogP contribution in [0.1, 0.15) is 11.1 Å². The number of ether oxygens (including phenoxy) is 1. The molecule has 1 N–H and O–H groups in total. The van der Waals surface area contributed by atoms with E-state index in [-0.39, 0.29) is 16.1 Å². The molecule has 0 aromatic heterocycles. The summed E-state index contributed by atoms with van der Waals surface area (Å²) in [6, 6.07) is 10.3. The molecule has 2 aromatic rings. The van der Waals surface area contributed by atoms with Gasteiger partial charge in [-0.1, -0.05) is 17.7 Å². The quantitative estimate of drug-likeness (QED) is 0.908. The summed E-state index contributed by atoms with van der Waals surface area (Å²) in [7, 11) is -4.06. The van der Waals surface area contributed by atoms with Crippen molar-refractivity contribution >= 4 is 15.7 Å². The van der Waals surface area contributed by atoms with E-state index in [2.05, 4.69) is 9.46 Å². The zero-order valence-electron chi connectivity index (χ0n) is 12.3. The third-order valence-corrected chi connectivity index (χ3v) is 4.30. The Morgan fingerprint density at radius 1 is 1.12 bits per heavy atom. The molecule has 9 heteroatoms. The maximum atomic E-state index is 12.3. The molecule has 126 valence electrons. The molecule has 0 saturated heterocycles. The summed E-state index contributed by atoms with van der Waals surface area (Å²) in [4.78, 5) is -0.0841. The normalized spacial score (nSPS) is 11.6. The van der Waals surface area contributed by atoms with Crippen LogP contribution in [0.4, 0.5) is 18.9 Å². The third-order valence-electron chi connectivity index (χ3n) is 2.92. The summed E-state index contributed by atoms with van der Waals surface area (Å²) in [6.45, 7) is 1.77. The van der Waals surface area contributed by atoms with Crippen molar-refractivity contribution in [2.45, 2.75) is 18.2 Å². The fraction of sp³-hybridized carbons (Fsp3) is 0.133. The minimum atomic E-state index is -4.93. The van der Waals surface area contributed by atoms with E-state index in [0.717, 1.165) is 23.8 Å². The Hall–Kier alpha value is -2.73. The van der Waals surface area contributed by atoms with E-state index in [1.807, 2.05) is 0 Å². The van der Waals surface area contributed by atoms with E-state index in [1.54, 1.807) is 25.1 Å². The van der Waals surface area contributed by atoms with E-state index in [9.17, 15) is 21.6 Å². The van der Waals surface area contributed by atoms with Crippen LogP contribution in [0.15, 0.2) is 47.4 Å². The van der Waals surface area contributed by atoms with Crippen LogP contribution in [-0.2, 0) is 10.0 Å². The van der Waals surface area contributed by atoms with Crippen LogP contribution >= 0.6 is 0 Å². The van der Waals surface area contributed by atoms with Crippen molar-refractivity contribution in [3.63, 3.8) is 0 Å². The minimum Gasteiger partial charge on any atom is -0.406 e. The Bertz CT molecular complexity index is 886. The first-order valence-corrected chi connectivity index (χ1v) is 7.98. The van der Waals surface area contributed by atoms with Crippen LogP contribution in [0.3, 0.4) is 0 Å². The predicted octanol–water partition coefficient (Wildman–Crippen LogP) is 3.57. The molecule has 0 aliphatic rings. The maximum Gasteiger partial charge on any atom is 0.573 e. The number of nitriles is 1. The smallest absolute Gasteiger partial charge is 0.406 e. The van der Waals surface area contributed by atoms with Gasteiger partial charge in [-0.2, -0.15) is 5.26 Å². The molecule has 0 amide bonds. The minimum absolute atomic E-state index is 0.0841. The van der Waals surface area contributed by atoms with Gasteiger partial charge in [-0.15, -0.1) is 13.2 Å². The van der Waals surface area contributed by atoms with Crippen LogP contribution in [0.5, 0.6) is 5.75 Å². The molecule has 24 heavy (non-hydrogen) atoms. The van der Waals surface area contributed by atoms with Crippen molar-refractivity contribution in [3.8, 4) is 11.8 Å². The van der Waals surface area contributed by atoms with Gasteiger partial charge in [0.15, 0.2) is 0 Å². The predicted molar refractivity (Wildman–Crippen MR) is 79.8 cm³/mol. The average Bonchev–Trinajstić information content (AvgIpc) is 2.46. The molecule has 2 rings (SSSR count). The molecule has 5 nitrogen and oxygen atoms in total. The summed E-state index contributed by atoms with van der Waals surface area (Å²) in [5.74, 6) is -0.636. The molecular weight excluding hydrogens is 345 g/mol. The summed E-state index contributed by atoms with van der Waals surface area (Å²) in [5, 5.41) is 9.00. The van der Waals surface area contributed by atoms with E-state index < -0.39 is 22.1 Å². The Balaban J connectivity index is 2.38. The molecule has 0 bridgehead atoms. The zero-order chi connectivity index (χ0) is 18.0. The molecular formula is C15H11F3N2O3S. The molecule has 0 heterocycles. The lowest BCUT2D eigenvalue weighted by Crippen LogP contribution is -2.18. The van der Waals surface area contributed by atoms with Gasteiger partial charge in [0.1, 0.15) is 11.8 Å². The number of hydrogen-bond acceptors (Lipinski definition) is 4. The molecule has 0 aliphatic carbocycles. The van der Waals surface area contributed by atoms with Gasteiger partial charge in [-0.05, 0) is 31.2 Å². The fourth-order valence-corrected chi connectivity index (χ4v) is 2.89. The number of halogens is 3. The molecule has 0 saturated carbocycles. The number of rotatable bonds is 4. The van der Waals surface area contributed by atoms with Gasteiger partial charge >= 0.3 is 6.36 Å². The summed E-state index contributed by atoms with van der Waals surface area (Å²) in [6.07, 6.45) is -4.93. The van der Waals surface area contributed by atoms with Crippen molar-refractivity contribution in [1.82, 2.24) is 0 Å². The van der Waals surface area contributed by atoms with Crippen molar-refractivity contribution < 1.29 is 26.3 Å². The van der Waals surface area contributed by atoms with Crippen LogP contribution < -0.4 is 9.46 Å². The Labute approximate surface area is 136 Å². The summed E-state index contributed by atoms with van der Waals surface area (Å²) < 4.78 is 67.2. The topological polar surface area (TPSA) is 79.2 Å². The lowest BCUT2D eigenvalue weighted by molar-refractivity contribution is -0.274. The first-order chi connectivity index (χ1) is 11.1. The average molecular weight is 356 g/mol. The number of alkyl halides is 3. The van der Waals surface area contributed by atoms with Crippen molar-refractivity contribution in [3.05, 3.63) is 53.6 Å². The number of sulfonamides is 1. The maximum absolute atomic E-state index is 12.3. The highest BCUT2D eigenvalue weighted by molar-refractivity contribution is 7.92. The molecule has 0 spiro atoms. The van der Waals surface area contributed by atoms with Gasteiger partial charge in [0.25, 0.3) is 10.0 Å². The first-order valence-electron chi connectivity index (χ1n) is 6.50.